The second-order valence-electron chi connectivity index (χ2n) is 2.29. The average molecular weight is 205 g/mol. The van der Waals surface area contributed by atoms with E-state index >= 15 is 0 Å². The van der Waals surface area contributed by atoms with Crippen molar-refractivity contribution in [3.8, 4) is 0 Å². The molecule has 5 heteroatoms. The largest absolute Gasteiger partial charge is 0.487 e. The first-order valence-electron chi connectivity index (χ1n) is 4.07. The van der Waals surface area contributed by atoms with Gasteiger partial charge in [0.2, 0.25) is 0 Å². The summed E-state index contributed by atoms with van der Waals surface area (Å²) in [5.41, 5.74) is 0. The van der Waals surface area contributed by atoms with Crippen molar-refractivity contribution in [2.45, 2.75) is 33.7 Å². The van der Waals surface area contributed by atoms with Crippen LogP contribution in [0.5, 0.6) is 0 Å². The quantitative estimate of drug-likeness (QED) is 0.635. The van der Waals surface area contributed by atoms with Crippen molar-refractivity contribution in [1.29, 1.82) is 0 Å². The van der Waals surface area contributed by atoms with E-state index in [0.717, 1.165) is 6.42 Å². The predicted octanol–water partition coefficient (Wildman–Crippen LogP) is 1.19. The number of carbonyl (C=O) groups excluding carboxylic acids is 2. The van der Waals surface area contributed by atoms with Gasteiger partial charge in [0.1, 0.15) is 0 Å². The third-order valence-electron chi connectivity index (χ3n) is 0.664. The van der Waals surface area contributed by atoms with Crippen molar-refractivity contribution < 1.29 is 18.4 Å². The topological polar surface area (TPSA) is 52.6 Å². The Bertz CT molecular complexity index is 142. The molecule has 4 nitrogen and oxygen atoms in total. The van der Waals surface area contributed by atoms with Crippen LogP contribution in [0.1, 0.15) is 27.2 Å². The van der Waals surface area contributed by atoms with Crippen molar-refractivity contribution >= 4 is 21.2 Å². The molecule has 0 aromatic rings. The van der Waals surface area contributed by atoms with Crippen LogP contribution in [0.25, 0.3) is 0 Å². The van der Waals surface area contributed by atoms with Crippen LogP contribution in [0, 0.1) is 6.92 Å². The molecule has 0 bridgehead atoms. The molecule has 0 atom stereocenters. The Kier molecular flexibility index (Phi) is 10.4. The first-order valence-corrected chi connectivity index (χ1v) is 6.17. The van der Waals surface area contributed by atoms with Crippen molar-refractivity contribution in [2.24, 2.45) is 0 Å². The third-order valence-corrected chi connectivity index (χ3v) is 1.99. The molecule has 0 N–H and O–H groups in total. The first-order chi connectivity index (χ1) is 5.93. The zero-order valence-corrected chi connectivity index (χ0v) is 9.78. The van der Waals surface area contributed by atoms with Crippen LogP contribution in [0.2, 0.25) is 6.55 Å². The fraction of sp³-hybridized carbons (Fsp3) is 0.625. The van der Waals surface area contributed by atoms with Crippen LogP contribution in [0.4, 0.5) is 0 Å². The summed E-state index contributed by atoms with van der Waals surface area (Å²) >= 11 is 0. The molecule has 0 aliphatic carbocycles. The Morgan fingerprint density at radius 1 is 1.23 bits per heavy atom. The lowest BCUT2D eigenvalue weighted by Crippen LogP contribution is -2.23. The molecule has 13 heavy (non-hydrogen) atoms. The zero-order valence-electron chi connectivity index (χ0n) is 8.62. The summed E-state index contributed by atoms with van der Waals surface area (Å²) in [4.78, 5) is 20.5. The Morgan fingerprint density at radius 3 is 1.62 bits per heavy atom. The van der Waals surface area contributed by atoms with E-state index < -0.39 is 21.2 Å². The van der Waals surface area contributed by atoms with E-state index in [4.69, 9.17) is 0 Å². The summed E-state index contributed by atoms with van der Waals surface area (Å²) in [6, 6.07) is 0. The van der Waals surface area contributed by atoms with Gasteiger partial charge in [-0.15, -0.1) is 0 Å². The highest BCUT2D eigenvalue weighted by Crippen LogP contribution is 1.89. The lowest BCUT2D eigenvalue weighted by molar-refractivity contribution is -0.137. The van der Waals surface area contributed by atoms with E-state index in [-0.39, 0.29) is 0 Å². The predicted molar refractivity (Wildman–Crippen MR) is 52.2 cm³/mol. The molecule has 0 aromatic heterocycles. The second-order valence-corrected chi connectivity index (χ2v) is 3.89. The van der Waals surface area contributed by atoms with Crippen molar-refractivity contribution in [3.63, 3.8) is 0 Å². The third kappa shape index (κ3) is 18.3. The standard InChI is InChI=1S/C5H10O4Si.C3H7/c1-4(6)8-10(3)9-5(2)7;1-3-2/h10H,1-3H3;1,3H2,2H3. The minimum absolute atomic E-state index is 0.402. The zero-order chi connectivity index (χ0) is 10.9. The van der Waals surface area contributed by atoms with Gasteiger partial charge in [-0.05, 0) is 6.55 Å². The van der Waals surface area contributed by atoms with Gasteiger partial charge in [0.15, 0.2) is 0 Å². The Labute approximate surface area is 81.1 Å². The minimum atomic E-state index is -2.02. The van der Waals surface area contributed by atoms with E-state index in [2.05, 4.69) is 15.8 Å². The Hall–Kier alpha value is -0.843. The van der Waals surface area contributed by atoms with Gasteiger partial charge in [-0.3, -0.25) is 9.59 Å². The van der Waals surface area contributed by atoms with Gasteiger partial charge in [-0.1, -0.05) is 20.3 Å². The van der Waals surface area contributed by atoms with E-state index in [1.54, 1.807) is 6.55 Å². The molecule has 0 saturated heterocycles. The first kappa shape index (κ1) is 14.7. The molecule has 0 aliphatic rings. The van der Waals surface area contributed by atoms with Gasteiger partial charge in [-0.25, -0.2) is 0 Å². The Morgan fingerprint density at radius 2 is 1.46 bits per heavy atom. The van der Waals surface area contributed by atoms with Gasteiger partial charge >= 0.3 is 9.28 Å². The Balaban J connectivity index is 0. The molecule has 0 aromatic carbocycles. The number of rotatable bonds is 2. The van der Waals surface area contributed by atoms with E-state index in [9.17, 15) is 9.59 Å². The highest BCUT2D eigenvalue weighted by molar-refractivity contribution is 6.47. The van der Waals surface area contributed by atoms with Crippen LogP contribution in [-0.2, 0) is 18.4 Å². The molecule has 0 heterocycles. The number of carbonyl (C=O) groups is 2. The second kappa shape index (κ2) is 9.25. The van der Waals surface area contributed by atoms with Gasteiger partial charge in [0, 0.05) is 13.8 Å². The summed E-state index contributed by atoms with van der Waals surface area (Å²) < 4.78 is 9.24. The van der Waals surface area contributed by atoms with Crippen molar-refractivity contribution in [3.05, 3.63) is 6.92 Å². The molecule has 77 valence electrons. The lowest BCUT2D eigenvalue weighted by Gasteiger charge is -2.08. The molecule has 0 saturated carbocycles. The normalized spacial score (nSPS) is 8.46. The van der Waals surface area contributed by atoms with Gasteiger partial charge in [-0.2, -0.15) is 0 Å². The fourth-order valence-electron chi connectivity index (χ4n) is 0.491. The smallest absolute Gasteiger partial charge is 0.444 e. The molecule has 0 unspecified atom stereocenters. The van der Waals surface area contributed by atoms with Crippen LogP contribution in [-0.4, -0.2) is 21.2 Å². The SMILES string of the molecule is CC(=O)O[SiH](C)OC(C)=O.[CH2]CC. The maximum Gasteiger partial charge on any atom is 0.444 e. The summed E-state index contributed by atoms with van der Waals surface area (Å²) in [6.45, 7) is 9.68. The molecule has 0 aliphatic heterocycles. The molecule has 0 fully saturated rings. The molecule has 0 amide bonds. The molecule has 0 spiro atoms. The monoisotopic (exact) mass is 205 g/mol. The highest BCUT2D eigenvalue weighted by atomic mass is 28.3. The average Bonchev–Trinajstić information content (AvgIpc) is 1.83. The number of hydrogen-bond acceptors (Lipinski definition) is 4. The minimum Gasteiger partial charge on any atom is -0.487 e. The molecular weight excluding hydrogens is 188 g/mol. The fourth-order valence-corrected chi connectivity index (χ4v) is 1.47. The van der Waals surface area contributed by atoms with Crippen LogP contribution in [0.3, 0.4) is 0 Å². The van der Waals surface area contributed by atoms with Crippen LogP contribution < -0.4 is 0 Å². The van der Waals surface area contributed by atoms with Crippen molar-refractivity contribution in [1.82, 2.24) is 0 Å². The van der Waals surface area contributed by atoms with Crippen LogP contribution in [0.15, 0.2) is 0 Å². The van der Waals surface area contributed by atoms with Gasteiger partial charge in [0.05, 0.1) is 0 Å². The van der Waals surface area contributed by atoms with Crippen LogP contribution >= 0.6 is 0 Å². The maximum atomic E-state index is 10.3. The molecule has 0 rings (SSSR count). The molecule has 1 radical (unpaired) electrons. The highest BCUT2D eigenvalue weighted by Gasteiger charge is 2.11. The lowest BCUT2D eigenvalue weighted by atomic mass is 10.6. The van der Waals surface area contributed by atoms with E-state index in [1.807, 2.05) is 6.92 Å². The summed E-state index contributed by atoms with van der Waals surface area (Å²) in [7, 11) is -2.02. The van der Waals surface area contributed by atoms with E-state index in [0.29, 0.717) is 0 Å². The van der Waals surface area contributed by atoms with Gasteiger partial charge in [0.25, 0.3) is 11.9 Å². The van der Waals surface area contributed by atoms with Gasteiger partial charge < -0.3 is 8.85 Å². The molecular formula is C8H17O4Si. The van der Waals surface area contributed by atoms with E-state index in [1.165, 1.54) is 13.8 Å². The number of hydrogen-bond donors (Lipinski definition) is 0. The summed E-state index contributed by atoms with van der Waals surface area (Å²) in [5.74, 6) is -0.805. The summed E-state index contributed by atoms with van der Waals surface area (Å²) in [6.07, 6.45) is 1.00. The van der Waals surface area contributed by atoms with Crippen molar-refractivity contribution in [2.75, 3.05) is 0 Å². The maximum absolute atomic E-state index is 10.3. The summed E-state index contributed by atoms with van der Waals surface area (Å²) in [5, 5.41) is 0.